The van der Waals surface area contributed by atoms with Gasteiger partial charge in [-0.1, -0.05) is 22.4 Å². The summed E-state index contributed by atoms with van der Waals surface area (Å²) in [5.41, 5.74) is -0.174. The van der Waals surface area contributed by atoms with Gasteiger partial charge >= 0.3 is 6.03 Å². The number of nitrogens with one attached hydrogen (secondary N) is 3. The van der Waals surface area contributed by atoms with E-state index in [0.29, 0.717) is 12.8 Å². The Morgan fingerprint density at radius 2 is 2.12 bits per heavy atom. The Bertz CT molecular complexity index is 811. The molecule has 3 N–H and O–H groups in total. The SMILES string of the molecule is Cc1cc(S(=O)(=O)NC[C@H]2CCC[C@@]23NC(=O)NC3=O)ccc1Br. The first-order valence-electron chi connectivity index (χ1n) is 7.64. The number of aryl methyl sites for hydroxylation is 1. The Balaban J connectivity index is 1.76. The summed E-state index contributed by atoms with van der Waals surface area (Å²) >= 11 is 3.34. The first-order valence-corrected chi connectivity index (χ1v) is 9.92. The molecule has 2 atom stereocenters. The van der Waals surface area contributed by atoms with Crippen LogP contribution in [-0.4, -0.2) is 32.4 Å². The highest BCUT2D eigenvalue weighted by molar-refractivity contribution is 9.10. The van der Waals surface area contributed by atoms with Gasteiger partial charge in [-0.05, 0) is 43.5 Å². The number of benzene rings is 1. The third-order valence-electron chi connectivity index (χ3n) is 4.75. The van der Waals surface area contributed by atoms with E-state index in [1.54, 1.807) is 12.1 Å². The molecule has 1 saturated heterocycles. The minimum absolute atomic E-state index is 0.102. The molecule has 0 bridgehead atoms. The molecule has 2 aliphatic rings. The fraction of sp³-hybridized carbons (Fsp3) is 0.467. The van der Waals surface area contributed by atoms with E-state index in [0.717, 1.165) is 16.5 Å². The van der Waals surface area contributed by atoms with Gasteiger partial charge in [-0.3, -0.25) is 10.1 Å². The molecule has 3 amide bonds. The molecule has 1 saturated carbocycles. The van der Waals surface area contributed by atoms with Crippen LogP contribution in [0.1, 0.15) is 24.8 Å². The lowest BCUT2D eigenvalue weighted by molar-refractivity contribution is -0.125. The van der Waals surface area contributed by atoms with Crippen molar-refractivity contribution < 1.29 is 18.0 Å². The predicted molar refractivity (Wildman–Crippen MR) is 90.8 cm³/mol. The normalized spacial score (nSPS) is 26.7. The van der Waals surface area contributed by atoms with Gasteiger partial charge in [0, 0.05) is 16.9 Å². The Hall–Kier alpha value is -1.45. The number of urea groups is 1. The van der Waals surface area contributed by atoms with Gasteiger partial charge in [-0.2, -0.15) is 0 Å². The Labute approximate surface area is 148 Å². The first kappa shape index (κ1) is 17.4. The summed E-state index contributed by atoms with van der Waals surface area (Å²) in [7, 11) is -3.68. The third kappa shape index (κ3) is 2.96. The fourth-order valence-corrected chi connectivity index (χ4v) is 4.81. The molecule has 0 aromatic heterocycles. The van der Waals surface area contributed by atoms with Crippen LogP contribution in [0.15, 0.2) is 27.6 Å². The summed E-state index contributed by atoms with van der Waals surface area (Å²) in [4.78, 5) is 23.8. The summed E-state index contributed by atoms with van der Waals surface area (Å²) in [6, 6.07) is 4.28. The highest BCUT2D eigenvalue weighted by atomic mass is 79.9. The Morgan fingerprint density at radius 1 is 1.38 bits per heavy atom. The van der Waals surface area contributed by atoms with Crippen LogP contribution in [-0.2, 0) is 14.8 Å². The molecule has 7 nitrogen and oxygen atoms in total. The predicted octanol–water partition coefficient (Wildman–Crippen LogP) is 1.41. The van der Waals surface area contributed by atoms with Gasteiger partial charge in [0.05, 0.1) is 4.90 Å². The number of carbonyl (C=O) groups excluding carboxylic acids is 2. The molecular formula is C15H18BrN3O4S. The summed E-state index contributed by atoms with van der Waals surface area (Å²) in [6.45, 7) is 1.92. The molecule has 1 aromatic rings. The van der Waals surface area contributed by atoms with Crippen molar-refractivity contribution in [1.29, 1.82) is 0 Å². The van der Waals surface area contributed by atoms with E-state index in [1.807, 2.05) is 6.92 Å². The topological polar surface area (TPSA) is 104 Å². The van der Waals surface area contributed by atoms with E-state index in [1.165, 1.54) is 6.07 Å². The van der Waals surface area contributed by atoms with Crippen molar-refractivity contribution in [3.63, 3.8) is 0 Å². The van der Waals surface area contributed by atoms with Gasteiger partial charge in [0.1, 0.15) is 5.54 Å². The van der Waals surface area contributed by atoms with Crippen LogP contribution < -0.4 is 15.4 Å². The van der Waals surface area contributed by atoms with Crippen LogP contribution in [0.4, 0.5) is 4.79 Å². The van der Waals surface area contributed by atoms with Crippen molar-refractivity contribution in [2.75, 3.05) is 6.54 Å². The molecule has 1 heterocycles. The third-order valence-corrected chi connectivity index (χ3v) is 7.06. The van der Waals surface area contributed by atoms with Gasteiger partial charge in [0.15, 0.2) is 0 Å². The van der Waals surface area contributed by atoms with Crippen molar-refractivity contribution >= 4 is 37.9 Å². The molecule has 1 aromatic carbocycles. The second-order valence-electron chi connectivity index (χ2n) is 6.23. The van der Waals surface area contributed by atoms with E-state index >= 15 is 0 Å². The number of carbonyl (C=O) groups is 2. The highest BCUT2D eigenvalue weighted by Gasteiger charge is 2.54. The highest BCUT2D eigenvalue weighted by Crippen LogP contribution is 2.37. The molecule has 1 aliphatic heterocycles. The van der Waals surface area contributed by atoms with Crippen LogP contribution in [0, 0.1) is 12.8 Å². The molecule has 1 aliphatic carbocycles. The van der Waals surface area contributed by atoms with Crippen LogP contribution in [0.3, 0.4) is 0 Å². The van der Waals surface area contributed by atoms with Crippen molar-refractivity contribution in [3.8, 4) is 0 Å². The second kappa shape index (κ2) is 6.12. The Morgan fingerprint density at radius 3 is 2.75 bits per heavy atom. The monoisotopic (exact) mass is 415 g/mol. The molecule has 130 valence electrons. The van der Waals surface area contributed by atoms with E-state index in [9.17, 15) is 18.0 Å². The van der Waals surface area contributed by atoms with Crippen LogP contribution in [0.5, 0.6) is 0 Å². The molecule has 3 rings (SSSR count). The zero-order valence-electron chi connectivity index (χ0n) is 13.1. The number of sulfonamides is 1. The first-order chi connectivity index (χ1) is 11.2. The van der Waals surface area contributed by atoms with E-state index < -0.39 is 21.6 Å². The molecule has 24 heavy (non-hydrogen) atoms. The molecular weight excluding hydrogens is 398 g/mol. The lowest BCUT2D eigenvalue weighted by Crippen LogP contribution is -2.53. The summed E-state index contributed by atoms with van der Waals surface area (Å²) in [5, 5.41) is 4.93. The van der Waals surface area contributed by atoms with E-state index in [4.69, 9.17) is 0 Å². The molecule has 1 spiro atoms. The Kier molecular flexibility index (Phi) is 4.43. The average molecular weight is 416 g/mol. The van der Waals surface area contributed by atoms with Gasteiger partial charge in [-0.15, -0.1) is 0 Å². The van der Waals surface area contributed by atoms with Crippen LogP contribution in [0.2, 0.25) is 0 Å². The lowest BCUT2D eigenvalue weighted by atomic mass is 9.87. The van der Waals surface area contributed by atoms with Gasteiger partial charge < -0.3 is 5.32 Å². The summed E-state index contributed by atoms with van der Waals surface area (Å²) in [6.07, 6.45) is 1.96. The minimum atomic E-state index is -3.68. The zero-order valence-corrected chi connectivity index (χ0v) is 15.5. The molecule has 9 heteroatoms. The average Bonchev–Trinajstić information content (AvgIpc) is 3.04. The van der Waals surface area contributed by atoms with Crippen molar-refractivity contribution in [2.24, 2.45) is 5.92 Å². The van der Waals surface area contributed by atoms with Gasteiger partial charge in [0.2, 0.25) is 10.0 Å². The van der Waals surface area contributed by atoms with Gasteiger partial charge in [0.25, 0.3) is 5.91 Å². The van der Waals surface area contributed by atoms with Gasteiger partial charge in [-0.25, -0.2) is 17.9 Å². The van der Waals surface area contributed by atoms with Crippen molar-refractivity contribution in [1.82, 2.24) is 15.4 Å². The van der Waals surface area contributed by atoms with Crippen molar-refractivity contribution in [2.45, 2.75) is 36.6 Å². The standard InChI is InChI=1S/C15H18BrN3O4S/c1-9-7-11(4-5-12(9)16)24(22,23)17-8-10-3-2-6-15(10)13(20)18-14(21)19-15/h4-5,7,10,17H,2-3,6,8H2,1H3,(H2,18,19,20,21)/t10-,15-/m1/s1. The number of imide groups is 1. The summed E-state index contributed by atoms with van der Waals surface area (Å²) in [5.74, 6) is -0.635. The largest absolute Gasteiger partial charge is 0.323 e. The number of hydrogen-bond donors (Lipinski definition) is 3. The van der Waals surface area contributed by atoms with Crippen LogP contribution >= 0.6 is 15.9 Å². The van der Waals surface area contributed by atoms with E-state index in [2.05, 4.69) is 31.3 Å². The lowest BCUT2D eigenvalue weighted by Gasteiger charge is -2.28. The molecule has 2 fully saturated rings. The number of halogens is 1. The van der Waals surface area contributed by atoms with Crippen molar-refractivity contribution in [3.05, 3.63) is 28.2 Å². The quantitative estimate of drug-likeness (QED) is 0.646. The van der Waals surface area contributed by atoms with Crippen LogP contribution in [0.25, 0.3) is 0 Å². The number of amides is 3. The maximum atomic E-state index is 12.5. The zero-order chi connectivity index (χ0) is 17.5. The number of rotatable bonds is 4. The summed E-state index contributed by atoms with van der Waals surface area (Å²) < 4.78 is 28.4. The molecule has 0 radical (unpaired) electrons. The minimum Gasteiger partial charge on any atom is -0.323 e. The molecule has 0 unspecified atom stereocenters. The van der Waals surface area contributed by atoms with E-state index in [-0.39, 0.29) is 23.3 Å². The number of hydrogen-bond acceptors (Lipinski definition) is 4. The smallest absolute Gasteiger partial charge is 0.322 e. The second-order valence-corrected chi connectivity index (χ2v) is 8.85. The maximum absolute atomic E-state index is 12.5. The fourth-order valence-electron chi connectivity index (χ4n) is 3.40. The maximum Gasteiger partial charge on any atom is 0.322 e.